The number of nitrogen functional groups attached to an aromatic ring is 1. The molecular weight excluding hydrogens is 332 g/mol. The van der Waals surface area contributed by atoms with Crippen LogP contribution in [-0.4, -0.2) is 23.9 Å². The van der Waals surface area contributed by atoms with E-state index in [2.05, 4.69) is 16.2 Å². The number of hydrogen-bond acceptors (Lipinski definition) is 5. The monoisotopic (exact) mass is 345 g/mol. The summed E-state index contributed by atoms with van der Waals surface area (Å²) in [6, 6.07) is 5.43. The maximum atomic E-state index is 12.9. The number of nitriles is 1. The molecule has 0 aliphatic heterocycles. The molecular formula is C15H13F2N7O. The summed E-state index contributed by atoms with van der Waals surface area (Å²) in [5.41, 5.74) is 5.59. The number of nitrogens with two attached hydrogens (primary N) is 1. The molecule has 0 saturated heterocycles. The predicted octanol–water partition coefficient (Wildman–Crippen LogP) is 1.66. The Kier molecular flexibility index (Phi) is 3.15. The quantitative estimate of drug-likeness (QED) is 0.774. The highest BCUT2D eigenvalue weighted by Gasteiger charge is 2.44. The lowest BCUT2D eigenvalue weighted by Crippen LogP contribution is -2.26. The molecule has 2 N–H and O–H groups in total. The van der Waals surface area contributed by atoms with Gasteiger partial charge in [0.25, 0.3) is 0 Å². The van der Waals surface area contributed by atoms with Crippen LogP contribution < -0.4 is 11.4 Å². The van der Waals surface area contributed by atoms with Crippen LogP contribution in [0.4, 0.5) is 14.6 Å². The summed E-state index contributed by atoms with van der Waals surface area (Å²) >= 11 is 0. The number of nitrogens with zero attached hydrogens (tertiary/aromatic N) is 6. The third kappa shape index (κ3) is 2.36. The van der Waals surface area contributed by atoms with Crippen molar-refractivity contribution in [2.75, 3.05) is 5.73 Å². The second-order valence-electron chi connectivity index (χ2n) is 6.13. The highest BCUT2D eigenvalue weighted by atomic mass is 19.3. The smallest absolute Gasteiger partial charge is 0.335 e. The molecule has 0 amide bonds. The van der Waals surface area contributed by atoms with Gasteiger partial charge in [0, 0.05) is 6.54 Å². The number of halogens is 2. The Bertz CT molecular complexity index is 1070. The van der Waals surface area contributed by atoms with Gasteiger partial charge in [-0.15, -0.1) is 0 Å². The Hall–Kier alpha value is -3.22. The predicted molar refractivity (Wildman–Crippen MR) is 84.1 cm³/mol. The molecule has 1 aliphatic carbocycles. The van der Waals surface area contributed by atoms with Crippen LogP contribution in [0.5, 0.6) is 0 Å². The van der Waals surface area contributed by atoms with Crippen LogP contribution >= 0.6 is 0 Å². The first-order valence-corrected chi connectivity index (χ1v) is 7.56. The van der Waals surface area contributed by atoms with E-state index < -0.39 is 17.7 Å². The molecule has 10 heteroatoms. The molecule has 3 aromatic heterocycles. The van der Waals surface area contributed by atoms with Gasteiger partial charge >= 0.3 is 12.2 Å². The summed E-state index contributed by atoms with van der Waals surface area (Å²) in [5, 5.41) is 12.9. The fraction of sp³-hybridized carbons (Fsp3) is 0.333. The zero-order valence-electron chi connectivity index (χ0n) is 12.9. The Balaban J connectivity index is 1.94. The van der Waals surface area contributed by atoms with E-state index in [1.165, 1.54) is 15.3 Å². The molecule has 1 fully saturated rings. The molecule has 0 unspecified atom stereocenters. The molecule has 3 heterocycles. The van der Waals surface area contributed by atoms with Gasteiger partial charge < -0.3 is 5.73 Å². The lowest BCUT2D eigenvalue weighted by Gasteiger charge is -2.06. The van der Waals surface area contributed by atoms with Crippen molar-refractivity contribution in [3.63, 3.8) is 0 Å². The molecule has 1 saturated carbocycles. The Labute approximate surface area is 139 Å². The summed E-state index contributed by atoms with van der Waals surface area (Å²) in [7, 11) is 0. The van der Waals surface area contributed by atoms with Crippen LogP contribution in [0.15, 0.2) is 29.3 Å². The number of alkyl halides is 2. The maximum Gasteiger partial charge on any atom is 0.335 e. The number of anilines is 1. The van der Waals surface area contributed by atoms with Crippen LogP contribution in [0.2, 0.25) is 0 Å². The van der Waals surface area contributed by atoms with E-state index in [1.54, 1.807) is 12.1 Å². The molecule has 128 valence electrons. The minimum Gasteiger partial charge on any atom is -0.384 e. The molecule has 4 rings (SSSR count). The Morgan fingerprint density at radius 3 is 2.76 bits per heavy atom. The maximum absolute atomic E-state index is 12.9. The highest BCUT2D eigenvalue weighted by Crippen LogP contribution is 2.46. The number of imidazole rings is 1. The van der Waals surface area contributed by atoms with E-state index >= 15 is 0 Å². The van der Waals surface area contributed by atoms with Gasteiger partial charge in [0.1, 0.15) is 5.82 Å². The largest absolute Gasteiger partial charge is 0.384 e. The number of hydrogen-bond donors (Lipinski definition) is 1. The normalized spacial score (nSPS) is 15.6. The average molecular weight is 345 g/mol. The SMILES string of the molecule is N#CC1(Cn2c(=O)n(-c3cnn(C(F)F)c3)c3nc(N)ccc32)CC1. The topological polar surface area (TPSA) is 107 Å². The van der Waals surface area contributed by atoms with Crippen LogP contribution in [0.25, 0.3) is 16.9 Å². The van der Waals surface area contributed by atoms with E-state index in [0.717, 1.165) is 6.20 Å². The summed E-state index contributed by atoms with van der Waals surface area (Å²) in [6.07, 6.45) is 3.67. The zero-order valence-corrected chi connectivity index (χ0v) is 12.9. The van der Waals surface area contributed by atoms with E-state index in [4.69, 9.17) is 5.73 Å². The number of rotatable bonds is 4. The third-order valence-corrected chi connectivity index (χ3v) is 4.40. The molecule has 25 heavy (non-hydrogen) atoms. The van der Waals surface area contributed by atoms with Gasteiger partial charge in [0.05, 0.1) is 35.1 Å². The van der Waals surface area contributed by atoms with Crippen molar-refractivity contribution in [2.24, 2.45) is 5.41 Å². The molecule has 0 radical (unpaired) electrons. The van der Waals surface area contributed by atoms with Crippen LogP contribution in [0.3, 0.4) is 0 Å². The van der Waals surface area contributed by atoms with Crippen molar-refractivity contribution in [3.8, 4) is 11.8 Å². The summed E-state index contributed by atoms with van der Waals surface area (Å²) < 4.78 is 28.7. The Morgan fingerprint density at radius 2 is 2.16 bits per heavy atom. The fourth-order valence-electron chi connectivity index (χ4n) is 2.84. The molecule has 8 nitrogen and oxygen atoms in total. The molecule has 0 aromatic carbocycles. The minimum atomic E-state index is -2.82. The molecule has 0 spiro atoms. The lowest BCUT2D eigenvalue weighted by molar-refractivity contribution is 0.0566. The third-order valence-electron chi connectivity index (χ3n) is 4.40. The van der Waals surface area contributed by atoms with Gasteiger partial charge in [-0.25, -0.2) is 19.0 Å². The van der Waals surface area contributed by atoms with E-state index in [-0.39, 0.29) is 23.7 Å². The van der Waals surface area contributed by atoms with E-state index in [9.17, 15) is 18.8 Å². The van der Waals surface area contributed by atoms with Crippen molar-refractivity contribution >= 4 is 17.0 Å². The molecule has 1 aliphatic rings. The van der Waals surface area contributed by atoms with Crippen molar-refractivity contribution in [1.82, 2.24) is 23.9 Å². The Morgan fingerprint density at radius 1 is 1.40 bits per heavy atom. The van der Waals surface area contributed by atoms with Crippen molar-refractivity contribution in [2.45, 2.75) is 25.9 Å². The van der Waals surface area contributed by atoms with Crippen LogP contribution in [-0.2, 0) is 6.54 Å². The van der Waals surface area contributed by atoms with Crippen molar-refractivity contribution < 1.29 is 8.78 Å². The summed E-state index contributed by atoms with van der Waals surface area (Å²) in [5.74, 6) is 0.195. The van der Waals surface area contributed by atoms with Crippen molar-refractivity contribution in [1.29, 1.82) is 5.26 Å². The fourth-order valence-corrected chi connectivity index (χ4v) is 2.84. The van der Waals surface area contributed by atoms with Gasteiger partial charge in [-0.05, 0) is 25.0 Å². The van der Waals surface area contributed by atoms with Gasteiger partial charge in [-0.3, -0.25) is 4.57 Å². The van der Waals surface area contributed by atoms with Gasteiger partial charge in [-0.1, -0.05) is 0 Å². The molecule has 3 aromatic rings. The highest BCUT2D eigenvalue weighted by molar-refractivity contribution is 5.75. The van der Waals surface area contributed by atoms with Crippen molar-refractivity contribution in [3.05, 3.63) is 35.0 Å². The number of pyridine rings is 1. The van der Waals surface area contributed by atoms with Gasteiger partial charge in [0.2, 0.25) is 0 Å². The van der Waals surface area contributed by atoms with E-state index in [0.29, 0.717) is 23.0 Å². The molecule has 0 bridgehead atoms. The lowest BCUT2D eigenvalue weighted by atomic mass is 10.1. The van der Waals surface area contributed by atoms with E-state index in [1.807, 2.05) is 0 Å². The number of aromatic nitrogens is 5. The first-order chi connectivity index (χ1) is 11.9. The first-order valence-electron chi connectivity index (χ1n) is 7.56. The van der Waals surface area contributed by atoms with Gasteiger partial charge in [0.15, 0.2) is 5.65 Å². The van der Waals surface area contributed by atoms with Crippen LogP contribution in [0, 0.1) is 16.7 Å². The second-order valence-corrected chi connectivity index (χ2v) is 6.13. The standard InChI is InChI=1S/C15H13F2N7O/c16-13(17)23-6-9(5-20-23)24-12-10(1-2-11(19)21-12)22(14(24)25)8-15(7-18)3-4-15/h1-2,5-6,13H,3-4,8H2,(H2,19,21). The average Bonchev–Trinajstić information content (AvgIpc) is 3.10. The van der Waals surface area contributed by atoms with Gasteiger partial charge in [-0.2, -0.15) is 19.1 Å². The zero-order chi connectivity index (χ0) is 17.8. The first kappa shape index (κ1) is 15.3. The summed E-state index contributed by atoms with van der Waals surface area (Å²) in [4.78, 5) is 17.1. The second kappa shape index (κ2) is 5.14. The molecule has 0 atom stereocenters. The van der Waals surface area contributed by atoms with Crippen LogP contribution in [0.1, 0.15) is 19.4 Å². The number of fused-ring (bicyclic) bond motifs is 1. The summed E-state index contributed by atoms with van der Waals surface area (Å²) in [6.45, 7) is -2.59. The minimum absolute atomic E-state index is 0.161.